The fourth-order valence-corrected chi connectivity index (χ4v) is 1.87. The number of nitrogens with one attached hydrogen (secondary N) is 2. The Kier molecular flexibility index (Phi) is 10.3. The van der Waals surface area contributed by atoms with Gasteiger partial charge in [-0.2, -0.15) is 0 Å². The van der Waals surface area contributed by atoms with Gasteiger partial charge in [-0.15, -0.1) is 24.0 Å². The molecule has 0 radical (unpaired) electrons. The summed E-state index contributed by atoms with van der Waals surface area (Å²) in [5.41, 5.74) is 1.20. The molecular weight excluding hydrogens is 415 g/mol. The van der Waals surface area contributed by atoms with Crippen LogP contribution in [0.5, 0.6) is 5.75 Å². The number of para-hydroxylation sites is 1. The molecule has 0 aromatic heterocycles. The smallest absolute Gasteiger partial charge is 0.191 e. The predicted molar refractivity (Wildman–Crippen MR) is 114 cm³/mol. The fraction of sp³-hybridized carbons (Fsp3) is 0.611. The summed E-state index contributed by atoms with van der Waals surface area (Å²) in [5, 5.41) is 6.68. The number of hydrogen-bond donors (Lipinski definition) is 2. The first-order valence-electron chi connectivity index (χ1n) is 8.10. The maximum atomic E-state index is 5.97. The van der Waals surface area contributed by atoms with Crippen LogP contribution in [-0.4, -0.2) is 56.7 Å². The Hall–Kier alpha value is -1.02. The van der Waals surface area contributed by atoms with Crippen LogP contribution in [0.15, 0.2) is 29.3 Å². The van der Waals surface area contributed by atoms with Crippen LogP contribution < -0.4 is 15.4 Å². The number of halogens is 1. The first kappa shape index (κ1) is 23.0. The predicted octanol–water partition coefficient (Wildman–Crippen LogP) is 2.89. The topological polar surface area (TPSA) is 48.9 Å². The zero-order chi connectivity index (χ0) is 17.5. The summed E-state index contributed by atoms with van der Waals surface area (Å²) in [7, 11) is 5.94. The van der Waals surface area contributed by atoms with E-state index in [-0.39, 0.29) is 35.6 Å². The number of aliphatic imine (C=N–C) groups is 1. The van der Waals surface area contributed by atoms with Crippen molar-refractivity contribution in [3.63, 3.8) is 0 Å². The third-order valence-electron chi connectivity index (χ3n) is 4.10. The lowest BCUT2D eigenvalue weighted by molar-refractivity contribution is 0.196. The average molecular weight is 448 g/mol. The molecule has 0 amide bonds. The Bertz CT molecular complexity index is 517. The van der Waals surface area contributed by atoms with Crippen LogP contribution in [0, 0.1) is 6.92 Å². The summed E-state index contributed by atoms with van der Waals surface area (Å²) >= 11 is 0. The van der Waals surface area contributed by atoms with Gasteiger partial charge in [-0.25, -0.2) is 0 Å². The number of benzene rings is 1. The van der Waals surface area contributed by atoms with E-state index in [9.17, 15) is 0 Å². The average Bonchev–Trinajstić information content (AvgIpc) is 2.49. The summed E-state index contributed by atoms with van der Waals surface area (Å²) in [6.45, 7) is 9.99. The largest absolute Gasteiger partial charge is 0.489 e. The molecule has 1 aromatic carbocycles. The second-order valence-electron chi connectivity index (χ2n) is 6.71. The summed E-state index contributed by atoms with van der Waals surface area (Å²) in [6, 6.07) is 8.06. The van der Waals surface area contributed by atoms with Crippen molar-refractivity contribution in [3.8, 4) is 5.75 Å². The molecule has 1 unspecified atom stereocenters. The molecule has 1 aromatic rings. The van der Waals surface area contributed by atoms with Crippen LogP contribution >= 0.6 is 24.0 Å². The van der Waals surface area contributed by atoms with E-state index in [1.54, 1.807) is 7.05 Å². The molecule has 0 bridgehead atoms. The van der Waals surface area contributed by atoms with Crippen molar-refractivity contribution in [2.75, 3.05) is 34.2 Å². The Labute approximate surface area is 164 Å². The SMILES string of the molecule is CN=C(NCC(C)Oc1ccccc1C)NCC(C)(C)N(C)C.I. The van der Waals surface area contributed by atoms with Gasteiger partial charge in [0.15, 0.2) is 5.96 Å². The number of ether oxygens (including phenoxy) is 1. The normalized spacial score (nSPS) is 13.2. The Morgan fingerprint density at radius 2 is 1.88 bits per heavy atom. The highest BCUT2D eigenvalue weighted by Gasteiger charge is 2.20. The molecule has 0 spiro atoms. The van der Waals surface area contributed by atoms with Crippen molar-refractivity contribution in [1.82, 2.24) is 15.5 Å². The molecule has 5 nitrogen and oxygen atoms in total. The van der Waals surface area contributed by atoms with Crippen LogP contribution in [0.2, 0.25) is 0 Å². The number of aryl methyl sites for hydroxylation is 1. The third kappa shape index (κ3) is 7.70. The van der Waals surface area contributed by atoms with Crippen molar-refractivity contribution in [1.29, 1.82) is 0 Å². The minimum absolute atomic E-state index is 0. The lowest BCUT2D eigenvalue weighted by Crippen LogP contribution is -2.51. The van der Waals surface area contributed by atoms with Crippen LogP contribution in [0.4, 0.5) is 0 Å². The summed E-state index contributed by atoms with van der Waals surface area (Å²) in [6.07, 6.45) is 0.0523. The third-order valence-corrected chi connectivity index (χ3v) is 4.10. The number of nitrogens with zero attached hydrogens (tertiary/aromatic N) is 2. The van der Waals surface area contributed by atoms with Crippen molar-refractivity contribution in [3.05, 3.63) is 29.8 Å². The van der Waals surface area contributed by atoms with Gasteiger partial charge >= 0.3 is 0 Å². The van der Waals surface area contributed by atoms with Crippen molar-refractivity contribution >= 4 is 29.9 Å². The molecule has 0 saturated carbocycles. The van der Waals surface area contributed by atoms with E-state index in [1.807, 2.05) is 18.2 Å². The Morgan fingerprint density at radius 3 is 2.42 bits per heavy atom. The van der Waals surface area contributed by atoms with Crippen LogP contribution in [-0.2, 0) is 0 Å². The first-order chi connectivity index (χ1) is 10.8. The maximum Gasteiger partial charge on any atom is 0.191 e. The molecule has 2 N–H and O–H groups in total. The number of hydrogen-bond acceptors (Lipinski definition) is 3. The van der Waals surface area contributed by atoms with Crippen LogP contribution in [0.25, 0.3) is 0 Å². The zero-order valence-corrected chi connectivity index (χ0v) is 18.3. The van der Waals surface area contributed by atoms with Gasteiger partial charge < -0.3 is 20.3 Å². The second kappa shape index (κ2) is 10.8. The van der Waals surface area contributed by atoms with E-state index in [1.165, 1.54) is 0 Å². The van der Waals surface area contributed by atoms with Crippen LogP contribution in [0.3, 0.4) is 0 Å². The van der Waals surface area contributed by atoms with E-state index in [0.717, 1.165) is 23.8 Å². The molecule has 0 saturated heterocycles. The van der Waals surface area contributed by atoms with Gasteiger partial charge in [-0.3, -0.25) is 4.99 Å². The minimum Gasteiger partial charge on any atom is -0.489 e. The Morgan fingerprint density at radius 1 is 1.25 bits per heavy atom. The highest BCUT2D eigenvalue weighted by Crippen LogP contribution is 2.17. The van der Waals surface area contributed by atoms with Crippen LogP contribution in [0.1, 0.15) is 26.3 Å². The van der Waals surface area contributed by atoms with E-state index in [4.69, 9.17) is 4.74 Å². The van der Waals surface area contributed by atoms with Crippen molar-refractivity contribution < 1.29 is 4.74 Å². The summed E-state index contributed by atoms with van der Waals surface area (Å²) < 4.78 is 5.97. The van der Waals surface area contributed by atoms with Gasteiger partial charge in [0, 0.05) is 19.1 Å². The highest BCUT2D eigenvalue weighted by atomic mass is 127. The van der Waals surface area contributed by atoms with Gasteiger partial charge in [0.25, 0.3) is 0 Å². The van der Waals surface area contributed by atoms with Gasteiger partial charge in [0.05, 0.1) is 6.54 Å². The van der Waals surface area contributed by atoms with Crippen molar-refractivity contribution in [2.45, 2.75) is 39.3 Å². The van der Waals surface area contributed by atoms with E-state index < -0.39 is 0 Å². The van der Waals surface area contributed by atoms with Crippen molar-refractivity contribution in [2.24, 2.45) is 4.99 Å². The van der Waals surface area contributed by atoms with Gasteiger partial charge in [-0.1, -0.05) is 18.2 Å². The van der Waals surface area contributed by atoms with E-state index in [0.29, 0.717) is 6.54 Å². The molecule has 0 fully saturated rings. The minimum atomic E-state index is 0. The lowest BCUT2D eigenvalue weighted by Gasteiger charge is -2.33. The van der Waals surface area contributed by atoms with Gasteiger partial charge in [0.2, 0.25) is 0 Å². The van der Waals surface area contributed by atoms with E-state index in [2.05, 4.69) is 68.4 Å². The summed E-state index contributed by atoms with van der Waals surface area (Å²) in [4.78, 5) is 6.46. The molecule has 0 aliphatic carbocycles. The quantitative estimate of drug-likeness (QED) is 0.383. The zero-order valence-electron chi connectivity index (χ0n) is 16.0. The molecular formula is C18H33IN4O. The first-order valence-corrected chi connectivity index (χ1v) is 8.10. The molecule has 0 aliphatic heterocycles. The molecule has 138 valence electrons. The standard InChI is InChI=1S/C18H32N4O.HI/c1-14-10-8-9-11-16(14)23-15(2)12-20-17(19-5)21-13-18(3,4)22(6)7;/h8-11,15H,12-13H2,1-7H3,(H2,19,20,21);1H. The van der Waals surface area contributed by atoms with Gasteiger partial charge in [0.1, 0.15) is 11.9 Å². The number of likely N-dealkylation sites (N-methyl/N-ethyl adjacent to an activating group) is 1. The maximum absolute atomic E-state index is 5.97. The molecule has 1 atom stereocenters. The molecule has 0 heterocycles. The van der Waals surface area contributed by atoms with E-state index >= 15 is 0 Å². The summed E-state index contributed by atoms with van der Waals surface area (Å²) in [5.74, 6) is 1.72. The molecule has 24 heavy (non-hydrogen) atoms. The molecule has 1 rings (SSSR count). The second-order valence-corrected chi connectivity index (χ2v) is 6.71. The Balaban J connectivity index is 0.00000529. The highest BCUT2D eigenvalue weighted by molar-refractivity contribution is 14.0. The van der Waals surface area contributed by atoms with Gasteiger partial charge in [-0.05, 0) is 53.4 Å². The fourth-order valence-electron chi connectivity index (χ4n) is 1.87. The monoisotopic (exact) mass is 448 g/mol. The number of guanidine groups is 1. The number of rotatable bonds is 7. The molecule has 6 heteroatoms. The molecule has 0 aliphatic rings. The lowest BCUT2D eigenvalue weighted by atomic mass is 10.0.